The first-order valence-electron chi connectivity index (χ1n) is 5.94. The van der Waals surface area contributed by atoms with E-state index in [0.717, 1.165) is 0 Å². The van der Waals surface area contributed by atoms with Crippen molar-refractivity contribution in [3.63, 3.8) is 0 Å². The van der Waals surface area contributed by atoms with Gasteiger partial charge in [0.25, 0.3) is 5.91 Å². The highest BCUT2D eigenvalue weighted by molar-refractivity contribution is 5.99. The van der Waals surface area contributed by atoms with Gasteiger partial charge >= 0.3 is 0 Å². The molecule has 1 atom stereocenters. The number of phenolic OH excluding ortho intramolecular Hbond substituents is 2. The molecule has 0 aliphatic heterocycles. The van der Waals surface area contributed by atoms with Gasteiger partial charge in [-0.2, -0.15) is 0 Å². The lowest BCUT2D eigenvalue weighted by Gasteiger charge is -2.35. The molecule has 0 spiro atoms. The van der Waals surface area contributed by atoms with Crippen LogP contribution in [0.2, 0.25) is 0 Å². The molecule has 4 heteroatoms. The Balaban J connectivity index is 3.08. The summed E-state index contributed by atoms with van der Waals surface area (Å²) in [4.78, 5) is 13.8. The molecule has 1 aromatic rings. The first-order valence-corrected chi connectivity index (χ1v) is 5.94. The van der Waals surface area contributed by atoms with Gasteiger partial charge in [-0.05, 0) is 24.5 Å². The van der Waals surface area contributed by atoms with Crippen LogP contribution in [0.1, 0.15) is 38.1 Å². The third kappa shape index (κ3) is 2.75. The standard InChI is InChI=1S/C14H21NO3/c1-9(14(2,3)4)15(5)13(18)12-10(16)7-6-8-11(12)17/h6-9,16-17H,1-5H3. The largest absolute Gasteiger partial charge is 0.507 e. The van der Waals surface area contributed by atoms with Gasteiger partial charge in [0.05, 0.1) is 0 Å². The molecular weight excluding hydrogens is 230 g/mol. The third-order valence-electron chi connectivity index (χ3n) is 3.39. The van der Waals surface area contributed by atoms with Gasteiger partial charge in [-0.25, -0.2) is 0 Å². The maximum Gasteiger partial charge on any atom is 0.261 e. The molecule has 0 aliphatic carbocycles. The van der Waals surface area contributed by atoms with Crippen molar-refractivity contribution in [2.45, 2.75) is 33.7 Å². The lowest BCUT2D eigenvalue weighted by atomic mass is 9.87. The first kappa shape index (κ1) is 14.4. The van der Waals surface area contributed by atoms with E-state index in [4.69, 9.17) is 0 Å². The quantitative estimate of drug-likeness (QED) is 0.849. The van der Waals surface area contributed by atoms with E-state index in [-0.39, 0.29) is 34.4 Å². The molecular formula is C14H21NO3. The fourth-order valence-corrected chi connectivity index (χ4v) is 1.68. The van der Waals surface area contributed by atoms with Crippen molar-refractivity contribution in [3.8, 4) is 11.5 Å². The molecule has 0 heterocycles. The van der Waals surface area contributed by atoms with Crippen LogP contribution in [0.4, 0.5) is 0 Å². The van der Waals surface area contributed by atoms with Crippen LogP contribution >= 0.6 is 0 Å². The van der Waals surface area contributed by atoms with Crippen LogP contribution in [0, 0.1) is 5.41 Å². The van der Waals surface area contributed by atoms with Crippen molar-refractivity contribution < 1.29 is 15.0 Å². The van der Waals surface area contributed by atoms with Gasteiger partial charge in [0.1, 0.15) is 17.1 Å². The number of hydrogen-bond acceptors (Lipinski definition) is 3. The van der Waals surface area contributed by atoms with E-state index in [9.17, 15) is 15.0 Å². The second-order valence-electron chi connectivity index (χ2n) is 5.63. The lowest BCUT2D eigenvalue weighted by Crippen LogP contribution is -2.43. The highest BCUT2D eigenvalue weighted by atomic mass is 16.3. The molecule has 0 saturated heterocycles. The van der Waals surface area contributed by atoms with Crippen LogP contribution in [0.25, 0.3) is 0 Å². The predicted octanol–water partition coefficient (Wildman–Crippen LogP) is 2.60. The summed E-state index contributed by atoms with van der Waals surface area (Å²) < 4.78 is 0. The zero-order chi connectivity index (χ0) is 14.1. The van der Waals surface area contributed by atoms with Crippen molar-refractivity contribution in [2.75, 3.05) is 7.05 Å². The third-order valence-corrected chi connectivity index (χ3v) is 3.39. The molecule has 0 radical (unpaired) electrons. The summed E-state index contributed by atoms with van der Waals surface area (Å²) in [6.07, 6.45) is 0. The van der Waals surface area contributed by atoms with Crippen LogP contribution in [0.15, 0.2) is 18.2 Å². The Morgan fingerprint density at radius 2 is 1.67 bits per heavy atom. The number of hydrogen-bond donors (Lipinski definition) is 2. The number of aromatic hydroxyl groups is 2. The highest BCUT2D eigenvalue weighted by Crippen LogP contribution is 2.30. The normalized spacial score (nSPS) is 13.2. The second kappa shape index (κ2) is 4.88. The van der Waals surface area contributed by atoms with Crippen molar-refractivity contribution in [1.29, 1.82) is 0 Å². The molecule has 0 aromatic heterocycles. The van der Waals surface area contributed by atoms with Gasteiger partial charge in [0.2, 0.25) is 0 Å². The first-order chi connectivity index (χ1) is 8.16. The molecule has 1 unspecified atom stereocenters. The van der Waals surface area contributed by atoms with E-state index < -0.39 is 0 Å². The van der Waals surface area contributed by atoms with E-state index in [1.807, 2.05) is 27.7 Å². The molecule has 1 amide bonds. The molecule has 1 rings (SSSR count). The van der Waals surface area contributed by atoms with Gasteiger partial charge in [0, 0.05) is 13.1 Å². The van der Waals surface area contributed by atoms with Crippen LogP contribution in [-0.2, 0) is 0 Å². The molecule has 4 nitrogen and oxygen atoms in total. The van der Waals surface area contributed by atoms with Gasteiger partial charge in [-0.3, -0.25) is 4.79 Å². The molecule has 0 fully saturated rings. The maximum atomic E-state index is 12.3. The minimum Gasteiger partial charge on any atom is -0.507 e. The van der Waals surface area contributed by atoms with Crippen LogP contribution in [0.5, 0.6) is 11.5 Å². The summed E-state index contributed by atoms with van der Waals surface area (Å²) >= 11 is 0. The highest BCUT2D eigenvalue weighted by Gasteiger charge is 2.29. The zero-order valence-electron chi connectivity index (χ0n) is 11.6. The average Bonchev–Trinajstić information content (AvgIpc) is 2.25. The van der Waals surface area contributed by atoms with Gasteiger partial charge in [-0.1, -0.05) is 26.8 Å². The van der Waals surface area contributed by atoms with Gasteiger partial charge < -0.3 is 15.1 Å². The number of benzene rings is 1. The van der Waals surface area contributed by atoms with Gasteiger partial charge in [0.15, 0.2) is 0 Å². The summed E-state index contributed by atoms with van der Waals surface area (Å²) in [6, 6.07) is 4.25. The Labute approximate surface area is 108 Å². The fourth-order valence-electron chi connectivity index (χ4n) is 1.68. The van der Waals surface area contributed by atoms with Crippen molar-refractivity contribution >= 4 is 5.91 Å². The number of phenols is 2. The maximum absolute atomic E-state index is 12.3. The van der Waals surface area contributed by atoms with Gasteiger partial charge in [-0.15, -0.1) is 0 Å². The van der Waals surface area contributed by atoms with E-state index in [1.54, 1.807) is 7.05 Å². The van der Waals surface area contributed by atoms with Crippen molar-refractivity contribution in [3.05, 3.63) is 23.8 Å². The van der Waals surface area contributed by atoms with E-state index in [2.05, 4.69) is 0 Å². The minimum atomic E-state index is -0.381. The zero-order valence-corrected chi connectivity index (χ0v) is 11.6. The molecule has 0 aliphatic rings. The summed E-state index contributed by atoms with van der Waals surface area (Å²) in [6.45, 7) is 8.04. The summed E-state index contributed by atoms with van der Waals surface area (Å²) in [5.41, 5.74) is -0.124. The Bertz CT molecular complexity index is 429. The number of carbonyl (C=O) groups excluding carboxylic acids is 1. The smallest absolute Gasteiger partial charge is 0.261 e. The van der Waals surface area contributed by atoms with E-state index >= 15 is 0 Å². The summed E-state index contributed by atoms with van der Waals surface area (Å²) in [5, 5.41) is 19.4. The Hall–Kier alpha value is -1.71. The summed E-state index contributed by atoms with van der Waals surface area (Å²) in [5.74, 6) is -0.783. The van der Waals surface area contributed by atoms with Crippen molar-refractivity contribution in [1.82, 2.24) is 4.90 Å². The van der Waals surface area contributed by atoms with Crippen LogP contribution < -0.4 is 0 Å². The molecule has 1 aromatic carbocycles. The average molecular weight is 251 g/mol. The SMILES string of the molecule is CC(N(C)C(=O)c1c(O)cccc1O)C(C)(C)C. The lowest BCUT2D eigenvalue weighted by molar-refractivity contribution is 0.0623. The molecule has 2 N–H and O–H groups in total. The Morgan fingerprint density at radius 1 is 1.22 bits per heavy atom. The Kier molecular flexibility index (Phi) is 3.89. The predicted molar refractivity (Wildman–Crippen MR) is 70.8 cm³/mol. The molecule has 18 heavy (non-hydrogen) atoms. The minimum absolute atomic E-state index is 0.0241. The number of rotatable bonds is 2. The van der Waals surface area contributed by atoms with E-state index in [0.29, 0.717) is 0 Å². The number of amides is 1. The van der Waals surface area contributed by atoms with E-state index in [1.165, 1.54) is 23.1 Å². The molecule has 0 bridgehead atoms. The Morgan fingerprint density at radius 3 is 2.06 bits per heavy atom. The number of nitrogens with zero attached hydrogens (tertiary/aromatic N) is 1. The topological polar surface area (TPSA) is 60.8 Å². The molecule has 0 saturated carbocycles. The molecule has 100 valence electrons. The second-order valence-corrected chi connectivity index (χ2v) is 5.63. The van der Waals surface area contributed by atoms with Crippen molar-refractivity contribution in [2.24, 2.45) is 5.41 Å². The van der Waals surface area contributed by atoms with Crippen LogP contribution in [0.3, 0.4) is 0 Å². The number of carbonyl (C=O) groups is 1. The monoisotopic (exact) mass is 251 g/mol. The summed E-state index contributed by atoms with van der Waals surface area (Å²) in [7, 11) is 1.67. The fraction of sp³-hybridized carbons (Fsp3) is 0.500. The van der Waals surface area contributed by atoms with Crippen LogP contribution in [-0.4, -0.2) is 34.1 Å².